The zero-order valence-electron chi connectivity index (χ0n) is 21.4. The molecule has 4 aromatic rings. The van der Waals surface area contributed by atoms with Crippen molar-refractivity contribution in [1.82, 2.24) is 19.9 Å². The number of ether oxygens (including phenoxy) is 1. The van der Waals surface area contributed by atoms with E-state index in [1.165, 1.54) is 0 Å². The topological polar surface area (TPSA) is 83.5 Å². The average Bonchev–Trinajstić information content (AvgIpc) is 3.38. The number of likely N-dealkylation sites (N-methyl/N-ethyl adjacent to an activating group) is 1. The highest BCUT2D eigenvalue weighted by molar-refractivity contribution is 6.32. The van der Waals surface area contributed by atoms with Crippen molar-refractivity contribution >= 4 is 51.7 Å². The third-order valence-electron chi connectivity index (χ3n) is 7.04. The molecule has 1 atom stereocenters. The third kappa shape index (κ3) is 5.21. The van der Waals surface area contributed by atoms with E-state index in [4.69, 9.17) is 16.3 Å². The van der Waals surface area contributed by atoms with Crippen molar-refractivity contribution < 1.29 is 9.53 Å². The number of likely N-dealkylation sites (tertiary alicyclic amines) is 1. The maximum Gasteiger partial charge on any atom is 0.248 e. The van der Waals surface area contributed by atoms with Crippen LogP contribution in [0.15, 0.2) is 79.4 Å². The number of carbonyl (C=O) groups is 1. The molecule has 4 heterocycles. The normalized spacial score (nSPS) is 16.8. The molecule has 1 unspecified atom stereocenters. The molecule has 0 aliphatic carbocycles. The van der Waals surface area contributed by atoms with Gasteiger partial charge >= 0.3 is 0 Å². The van der Waals surface area contributed by atoms with Crippen LogP contribution in [-0.4, -0.2) is 45.4 Å². The van der Waals surface area contributed by atoms with Gasteiger partial charge in [0.15, 0.2) is 0 Å². The fourth-order valence-corrected chi connectivity index (χ4v) is 5.23. The van der Waals surface area contributed by atoms with Gasteiger partial charge < -0.3 is 15.0 Å². The van der Waals surface area contributed by atoms with Gasteiger partial charge in [0.1, 0.15) is 24.5 Å². The molecule has 0 saturated carbocycles. The van der Waals surface area contributed by atoms with E-state index in [9.17, 15) is 4.79 Å². The maximum absolute atomic E-state index is 12.8. The zero-order chi connectivity index (χ0) is 26.8. The monoisotopic (exact) mass is 538 g/mol. The minimum atomic E-state index is -0.159. The second kappa shape index (κ2) is 10.8. The lowest BCUT2D eigenvalue weighted by Crippen LogP contribution is -2.23. The highest BCUT2D eigenvalue weighted by Crippen LogP contribution is 2.41. The van der Waals surface area contributed by atoms with Crippen molar-refractivity contribution in [2.75, 3.05) is 23.8 Å². The van der Waals surface area contributed by atoms with Crippen molar-refractivity contribution in [2.45, 2.75) is 25.5 Å². The molecule has 1 N–H and O–H groups in total. The first-order valence-electron chi connectivity index (χ1n) is 12.8. The molecule has 9 heteroatoms. The first-order chi connectivity index (χ1) is 19.1. The second-order valence-electron chi connectivity index (χ2n) is 9.57. The summed E-state index contributed by atoms with van der Waals surface area (Å²) in [6.07, 6.45) is 13.0. The summed E-state index contributed by atoms with van der Waals surface area (Å²) in [5.74, 6) is 1.12. The molecule has 1 fully saturated rings. The van der Waals surface area contributed by atoms with Crippen LogP contribution in [0.25, 0.3) is 17.0 Å². The molecule has 39 heavy (non-hydrogen) atoms. The van der Waals surface area contributed by atoms with E-state index in [0.29, 0.717) is 34.9 Å². The fourth-order valence-electron chi connectivity index (χ4n) is 5.00. The molecule has 196 valence electrons. The minimum Gasteiger partial charge on any atom is -0.486 e. The molecule has 2 aromatic heterocycles. The van der Waals surface area contributed by atoms with E-state index in [1.807, 2.05) is 71.8 Å². The molecule has 6 rings (SSSR count). The highest BCUT2D eigenvalue weighted by atomic mass is 35.5. The van der Waals surface area contributed by atoms with Crippen molar-refractivity contribution in [1.29, 1.82) is 0 Å². The maximum atomic E-state index is 12.8. The van der Waals surface area contributed by atoms with Crippen LogP contribution in [0.1, 0.15) is 24.1 Å². The van der Waals surface area contributed by atoms with Crippen molar-refractivity contribution in [3.63, 3.8) is 0 Å². The molecule has 2 aliphatic heterocycles. The van der Waals surface area contributed by atoms with Gasteiger partial charge in [-0.15, -0.1) is 0 Å². The number of nitrogens with one attached hydrogen (secondary N) is 1. The SMILES string of the molecule is CN1CCCC1C=CC(=O)Nc1ccc2ncnc3c2c1C=CN3c1ccc(OCc2ccccn2)c(Cl)c1. The van der Waals surface area contributed by atoms with Gasteiger partial charge in [0, 0.05) is 41.5 Å². The number of carbonyl (C=O) groups excluding carboxylic acids is 1. The quantitative estimate of drug-likeness (QED) is 0.290. The molecule has 2 aliphatic rings. The van der Waals surface area contributed by atoms with E-state index in [0.717, 1.165) is 47.2 Å². The summed E-state index contributed by atoms with van der Waals surface area (Å²) in [5.41, 5.74) is 4.00. The summed E-state index contributed by atoms with van der Waals surface area (Å²) in [7, 11) is 2.08. The van der Waals surface area contributed by atoms with Gasteiger partial charge in [-0.05, 0) is 75.0 Å². The lowest BCUT2D eigenvalue weighted by molar-refractivity contribution is -0.111. The number of pyridine rings is 1. The lowest BCUT2D eigenvalue weighted by Gasteiger charge is -2.26. The number of aromatic nitrogens is 3. The van der Waals surface area contributed by atoms with Crippen LogP contribution in [0, 0.1) is 0 Å². The average molecular weight is 539 g/mol. The van der Waals surface area contributed by atoms with Crippen molar-refractivity contribution in [3.05, 3.63) is 95.7 Å². The van der Waals surface area contributed by atoms with Crippen molar-refractivity contribution in [2.24, 2.45) is 0 Å². The Balaban J connectivity index is 1.25. The Morgan fingerprint density at radius 1 is 1.18 bits per heavy atom. The molecular formula is C30H27ClN6O2. The fraction of sp³-hybridized carbons (Fsp3) is 0.200. The molecule has 1 amide bonds. The Bertz CT molecular complexity index is 1590. The Labute approximate surface area is 231 Å². The Morgan fingerprint density at radius 3 is 2.90 bits per heavy atom. The summed E-state index contributed by atoms with van der Waals surface area (Å²) in [5, 5.41) is 4.37. The molecule has 2 aromatic carbocycles. The number of rotatable bonds is 7. The number of amides is 1. The van der Waals surface area contributed by atoms with E-state index in [2.05, 4.69) is 32.2 Å². The first kappa shape index (κ1) is 25.0. The predicted molar refractivity (Wildman–Crippen MR) is 154 cm³/mol. The van der Waals surface area contributed by atoms with Gasteiger partial charge in [0.05, 0.1) is 21.6 Å². The first-order valence-corrected chi connectivity index (χ1v) is 13.2. The van der Waals surface area contributed by atoms with E-state index >= 15 is 0 Å². The van der Waals surface area contributed by atoms with E-state index in [1.54, 1.807) is 18.6 Å². The Kier molecular flexibility index (Phi) is 6.96. The van der Waals surface area contributed by atoms with Crippen LogP contribution >= 0.6 is 11.6 Å². The van der Waals surface area contributed by atoms with Crippen LogP contribution in [0.3, 0.4) is 0 Å². The van der Waals surface area contributed by atoms with Gasteiger partial charge in [-0.1, -0.05) is 23.7 Å². The standard InChI is InChI=1S/C30H27ClN6O2/c1-36-15-4-6-21(36)8-12-28(38)35-25-9-10-26-29-23(25)13-16-37(30(29)34-19-33-26)22-7-11-27(24(31)17-22)39-18-20-5-2-3-14-32-20/h2-3,5,7-14,16-17,19,21H,4,6,15,18H2,1H3,(H,35,38). The Morgan fingerprint density at radius 2 is 2.10 bits per heavy atom. The molecule has 8 nitrogen and oxygen atoms in total. The van der Waals surface area contributed by atoms with Gasteiger partial charge in [0.2, 0.25) is 5.91 Å². The zero-order valence-corrected chi connectivity index (χ0v) is 22.2. The Hall–Kier alpha value is -4.27. The minimum absolute atomic E-state index is 0.159. The molecule has 0 spiro atoms. The molecule has 1 saturated heterocycles. The van der Waals surface area contributed by atoms with Gasteiger partial charge in [-0.3, -0.25) is 14.7 Å². The molecular weight excluding hydrogens is 512 g/mol. The number of nitrogens with zero attached hydrogens (tertiary/aromatic N) is 5. The molecule has 0 bridgehead atoms. The summed E-state index contributed by atoms with van der Waals surface area (Å²) in [4.78, 5) is 30.3. The van der Waals surface area contributed by atoms with Gasteiger partial charge in [0.25, 0.3) is 0 Å². The molecule has 0 radical (unpaired) electrons. The second-order valence-corrected chi connectivity index (χ2v) is 9.97. The summed E-state index contributed by atoms with van der Waals surface area (Å²) in [6, 6.07) is 15.4. The number of benzene rings is 2. The number of hydrogen-bond donors (Lipinski definition) is 1. The smallest absolute Gasteiger partial charge is 0.248 e. The lowest BCUT2D eigenvalue weighted by atomic mass is 10.0. The largest absolute Gasteiger partial charge is 0.486 e. The third-order valence-corrected chi connectivity index (χ3v) is 7.34. The van der Waals surface area contributed by atoms with Crippen LogP contribution in [0.5, 0.6) is 5.75 Å². The number of halogens is 1. The van der Waals surface area contributed by atoms with Gasteiger partial charge in [-0.25, -0.2) is 9.97 Å². The van der Waals surface area contributed by atoms with Crippen LogP contribution in [-0.2, 0) is 11.4 Å². The number of anilines is 3. The summed E-state index contributed by atoms with van der Waals surface area (Å²) >= 11 is 6.60. The van der Waals surface area contributed by atoms with Crippen molar-refractivity contribution in [3.8, 4) is 5.75 Å². The van der Waals surface area contributed by atoms with Crippen LogP contribution in [0.2, 0.25) is 5.02 Å². The number of hydrogen-bond acceptors (Lipinski definition) is 7. The van der Waals surface area contributed by atoms with E-state index < -0.39 is 0 Å². The summed E-state index contributed by atoms with van der Waals surface area (Å²) in [6.45, 7) is 1.38. The summed E-state index contributed by atoms with van der Waals surface area (Å²) < 4.78 is 5.88. The highest BCUT2D eigenvalue weighted by Gasteiger charge is 2.22. The van der Waals surface area contributed by atoms with Crippen LogP contribution in [0.4, 0.5) is 17.2 Å². The van der Waals surface area contributed by atoms with E-state index in [-0.39, 0.29) is 5.91 Å². The predicted octanol–water partition coefficient (Wildman–Crippen LogP) is 5.97. The van der Waals surface area contributed by atoms with Crippen LogP contribution < -0.4 is 15.0 Å². The van der Waals surface area contributed by atoms with Gasteiger partial charge in [-0.2, -0.15) is 0 Å².